The summed E-state index contributed by atoms with van der Waals surface area (Å²) >= 11 is 0. The molecule has 18 heavy (non-hydrogen) atoms. The lowest BCUT2D eigenvalue weighted by molar-refractivity contribution is -0.0632. The molecule has 1 aliphatic rings. The third-order valence-electron chi connectivity index (χ3n) is 3.54. The number of aromatic nitrogens is 1. The minimum Gasteiger partial charge on any atom is -0.386 e. The number of aliphatic hydroxyl groups excluding tert-OH is 1. The summed E-state index contributed by atoms with van der Waals surface area (Å²) in [6.45, 7) is 0.757. The number of rotatable bonds is 2. The van der Waals surface area contributed by atoms with Crippen molar-refractivity contribution in [1.29, 1.82) is 0 Å². The zero-order valence-corrected chi connectivity index (χ0v) is 10.2. The summed E-state index contributed by atoms with van der Waals surface area (Å²) in [5.41, 5.74) is 1.82. The zero-order valence-electron chi connectivity index (χ0n) is 10.2. The minimum absolute atomic E-state index is 0.0695. The van der Waals surface area contributed by atoms with Crippen molar-refractivity contribution in [1.82, 2.24) is 4.98 Å². The van der Waals surface area contributed by atoms with Crippen molar-refractivity contribution in [2.24, 2.45) is 0 Å². The second kappa shape index (κ2) is 5.04. The fourth-order valence-corrected chi connectivity index (χ4v) is 2.50. The normalized spacial score (nSPS) is 21.9. The molecule has 2 unspecified atom stereocenters. The Balaban J connectivity index is 1.88. The smallest absolute Gasteiger partial charge is 0.105 e. The van der Waals surface area contributed by atoms with Crippen LogP contribution in [0.1, 0.15) is 30.9 Å². The molecule has 1 saturated heterocycles. The molecule has 3 nitrogen and oxygen atoms in total. The second-order valence-electron chi connectivity index (χ2n) is 4.81. The molecule has 0 saturated carbocycles. The summed E-state index contributed by atoms with van der Waals surface area (Å²) in [6, 6.07) is 9.87. The van der Waals surface area contributed by atoms with E-state index in [1.807, 2.05) is 30.3 Å². The first-order valence-corrected chi connectivity index (χ1v) is 6.49. The molecule has 2 aromatic rings. The van der Waals surface area contributed by atoms with E-state index in [-0.39, 0.29) is 6.10 Å². The molecule has 1 aliphatic heterocycles. The Labute approximate surface area is 106 Å². The van der Waals surface area contributed by atoms with Gasteiger partial charge in [-0.2, -0.15) is 0 Å². The first-order valence-electron chi connectivity index (χ1n) is 6.49. The van der Waals surface area contributed by atoms with Gasteiger partial charge >= 0.3 is 0 Å². The molecule has 1 N–H and O–H groups in total. The highest BCUT2D eigenvalue weighted by Gasteiger charge is 2.24. The molecule has 94 valence electrons. The zero-order chi connectivity index (χ0) is 12.4. The summed E-state index contributed by atoms with van der Waals surface area (Å²) in [5, 5.41) is 11.4. The summed E-state index contributed by atoms with van der Waals surface area (Å²) in [7, 11) is 0. The van der Waals surface area contributed by atoms with Crippen LogP contribution in [0.15, 0.2) is 36.5 Å². The first-order chi connectivity index (χ1) is 8.84. The molecule has 0 spiro atoms. The molecule has 1 aromatic carbocycles. The average Bonchev–Trinajstić information content (AvgIpc) is 2.47. The molecule has 3 heteroatoms. The fourth-order valence-electron chi connectivity index (χ4n) is 2.50. The standard InChI is InChI=1S/C15H17NO2/c17-15(14-5-1-2-9-18-14)12-7-6-11-4-3-8-16-13(11)10-12/h3-4,6-8,10,14-15,17H,1-2,5,9H2. The van der Waals surface area contributed by atoms with E-state index < -0.39 is 6.10 Å². The van der Waals surface area contributed by atoms with Crippen LogP contribution in [0.3, 0.4) is 0 Å². The summed E-state index contributed by atoms with van der Waals surface area (Å²) < 4.78 is 5.64. The average molecular weight is 243 g/mol. The number of pyridine rings is 1. The number of nitrogens with zero attached hydrogens (tertiary/aromatic N) is 1. The van der Waals surface area contributed by atoms with Crippen molar-refractivity contribution in [2.45, 2.75) is 31.5 Å². The Morgan fingerprint density at radius 3 is 3.06 bits per heavy atom. The maximum atomic E-state index is 10.4. The van der Waals surface area contributed by atoms with Crippen LogP contribution in [0.25, 0.3) is 10.9 Å². The van der Waals surface area contributed by atoms with E-state index in [1.165, 1.54) is 0 Å². The van der Waals surface area contributed by atoms with Gasteiger partial charge < -0.3 is 9.84 Å². The molecule has 1 aromatic heterocycles. The van der Waals surface area contributed by atoms with Crippen molar-refractivity contribution in [3.05, 3.63) is 42.1 Å². The molecule has 2 heterocycles. The van der Waals surface area contributed by atoms with Crippen LogP contribution in [0.2, 0.25) is 0 Å². The number of hydrogen-bond acceptors (Lipinski definition) is 3. The van der Waals surface area contributed by atoms with Crippen LogP contribution in [0.4, 0.5) is 0 Å². The quantitative estimate of drug-likeness (QED) is 0.882. The Morgan fingerprint density at radius 2 is 2.22 bits per heavy atom. The Hall–Kier alpha value is -1.45. The molecule has 1 fully saturated rings. The molecule has 0 amide bonds. The van der Waals surface area contributed by atoms with Gasteiger partial charge in [0.15, 0.2) is 0 Å². The predicted molar refractivity (Wildman–Crippen MR) is 70.3 cm³/mol. The third kappa shape index (κ3) is 2.24. The monoisotopic (exact) mass is 243 g/mol. The van der Waals surface area contributed by atoms with Crippen molar-refractivity contribution in [2.75, 3.05) is 6.61 Å². The number of fused-ring (bicyclic) bond motifs is 1. The maximum absolute atomic E-state index is 10.4. The molecule has 0 aliphatic carbocycles. The topological polar surface area (TPSA) is 42.4 Å². The van der Waals surface area contributed by atoms with Gasteiger partial charge in [-0.05, 0) is 37.0 Å². The molecular weight excluding hydrogens is 226 g/mol. The van der Waals surface area contributed by atoms with Crippen molar-refractivity contribution >= 4 is 10.9 Å². The first kappa shape index (κ1) is 11.6. The van der Waals surface area contributed by atoms with Crippen LogP contribution in [0.5, 0.6) is 0 Å². The fraction of sp³-hybridized carbons (Fsp3) is 0.400. The van der Waals surface area contributed by atoms with Gasteiger partial charge in [-0.25, -0.2) is 0 Å². The summed E-state index contributed by atoms with van der Waals surface area (Å²) in [5.74, 6) is 0. The third-order valence-corrected chi connectivity index (χ3v) is 3.54. The highest BCUT2D eigenvalue weighted by Crippen LogP contribution is 2.27. The van der Waals surface area contributed by atoms with Gasteiger partial charge in [0, 0.05) is 18.2 Å². The summed E-state index contributed by atoms with van der Waals surface area (Å²) in [4.78, 5) is 4.32. The van der Waals surface area contributed by atoms with E-state index in [4.69, 9.17) is 4.74 Å². The number of benzene rings is 1. The second-order valence-corrected chi connectivity index (χ2v) is 4.81. The van der Waals surface area contributed by atoms with Gasteiger partial charge in [0.25, 0.3) is 0 Å². The van der Waals surface area contributed by atoms with Crippen LogP contribution < -0.4 is 0 Å². The minimum atomic E-state index is -0.545. The lowest BCUT2D eigenvalue weighted by Gasteiger charge is -2.27. The molecule has 0 radical (unpaired) electrons. The lowest BCUT2D eigenvalue weighted by atomic mass is 9.97. The van der Waals surface area contributed by atoms with E-state index >= 15 is 0 Å². The highest BCUT2D eigenvalue weighted by atomic mass is 16.5. The van der Waals surface area contributed by atoms with Crippen LogP contribution in [-0.4, -0.2) is 22.8 Å². The number of hydrogen-bond donors (Lipinski definition) is 1. The van der Waals surface area contributed by atoms with Crippen LogP contribution in [-0.2, 0) is 4.74 Å². The Bertz CT molecular complexity index is 535. The highest BCUT2D eigenvalue weighted by molar-refractivity contribution is 5.78. The van der Waals surface area contributed by atoms with Gasteiger partial charge in [-0.15, -0.1) is 0 Å². The van der Waals surface area contributed by atoms with E-state index in [0.717, 1.165) is 42.3 Å². The predicted octanol–water partition coefficient (Wildman–Crippen LogP) is 2.84. The lowest BCUT2D eigenvalue weighted by Crippen LogP contribution is -2.26. The SMILES string of the molecule is OC(c1ccc2cccnc2c1)C1CCCCO1. The maximum Gasteiger partial charge on any atom is 0.105 e. The molecule has 0 bridgehead atoms. The van der Waals surface area contributed by atoms with E-state index in [9.17, 15) is 5.11 Å². The summed E-state index contributed by atoms with van der Waals surface area (Å²) in [6.07, 6.45) is 4.32. The van der Waals surface area contributed by atoms with Crippen LogP contribution in [0, 0.1) is 0 Å². The van der Waals surface area contributed by atoms with Gasteiger partial charge in [-0.1, -0.05) is 18.2 Å². The number of ether oxygens (including phenoxy) is 1. The Morgan fingerprint density at radius 1 is 1.28 bits per heavy atom. The molecule has 3 rings (SSSR count). The number of aliphatic hydroxyl groups is 1. The van der Waals surface area contributed by atoms with Gasteiger partial charge in [-0.3, -0.25) is 4.98 Å². The van der Waals surface area contributed by atoms with Gasteiger partial charge in [0.2, 0.25) is 0 Å². The van der Waals surface area contributed by atoms with Crippen LogP contribution >= 0.6 is 0 Å². The largest absolute Gasteiger partial charge is 0.386 e. The van der Waals surface area contributed by atoms with Gasteiger partial charge in [0.1, 0.15) is 6.10 Å². The van der Waals surface area contributed by atoms with E-state index in [2.05, 4.69) is 4.98 Å². The van der Waals surface area contributed by atoms with E-state index in [0.29, 0.717) is 0 Å². The van der Waals surface area contributed by atoms with Crippen molar-refractivity contribution in [3.8, 4) is 0 Å². The van der Waals surface area contributed by atoms with Crippen molar-refractivity contribution in [3.63, 3.8) is 0 Å². The molecule has 2 atom stereocenters. The molecular formula is C15H17NO2. The van der Waals surface area contributed by atoms with E-state index in [1.54, 1.807) is 6.20 Å². The Kier molecular flexibility index (Phi) is 3.26. The van der Waals surface area contributed by atoms with Gasteiger partial charge in [0.05, 0.1) is 11.6 Å². The van der Waals surface area contributed by atoms with Crippen molar-refractivity contribution < 1.29 is 9.84 Å².